The quantitative estimate of drug-likeness (QED) is 0.837. The summed E-state index contributed by atoms with van der Waals surface area (Å²) in [5.74, 6) is -0.173. The van der Waals surface area contributed by atoms with Gasteiger partial charge in [0.25, 0.3) is 0 Å². The SMILES string of the molecule is CC[C@]12CCCN(CCC3(O)c4ccccc4NC3[C@H]1C#N)C2. The van der Waals surface area contributed by atoms with Crippen LogP contribution < -0.4 is 5.32 Å². The summed E-state index contributed by atoms with van der Waals surface area (Å²) in [5, 5.41) is 25.1. The third-order valence-electron chi connectivity index (χ3n) is 6.55. The Morgan fingerprint density at radius 2 is 2.17 bits per heavy atom. The van der Waals surface area contributed by atoms with Gasteiger partial charge in [0.05, 0.1) is 18.0 Å². The van der Waals surface area contributed by atoms with E-state index in [-0.39, 0.29) is 17.4 Å². The first-order valence-corrected chi connectivity index (χ1v) is 8.83. The fourth-order valence-electron chi connectivity index (χ4n) is 5.20. The standard InChI is InChI=1S/C19H25N3O/c1-2-18-8-5-10-22(13-18)11-9-19(23)14-6-3-4-7-16(14)21-17(19)15(18)12-20/h3-4,6-7,15,17,21,23H,2,5,8-11,13H2,1H3/t15-,17?,18-,19?/m1/s1. The second-order valence-electron chi connectivity index (χ2n) is 7.54. The van der Waals surface area contributed by atoms with Gasteiger partial charge >= 0.3 is 0 Å². The molecule has 2 bridgehead atoms. The summed E-state index contributed by atoms with van der Waals surface area (Å²) in [6, 6.07) is 10.4. The number of nitrogens with zero attached hydrogens (tertiary/aromatic N) is 2. The lowest BCUT2D eigenvalue weighted by Gasteiger charge is -2.51. The molecule has 122 valence electrons. The van der Waals surface area contributed by atoms with Crippen molar-refractivity contribution in [1.29, 1.82) is 5.26 Å². The van der Waals surface area contributed by atoms with Crippen molar-refractivity contribution in [2.24, 2.45) is 11.3 Å². The van der Waals surface area contributed by atoms with Gasteiger partial charge in [0.15, 0.2) is 0 Å². The van der Waals surface area contributed by atoms with Crippen LogP contribution in [0.1, 0.15) is 38.2 Å². The average Bonchev–Trinajstić information content (AvgIpc) is 2.87. The van der Waals surface area contributed by atoms with Gasteiger partial charge in [0, 0.05) is 29.8 Å². The molecule has 0 aliphatic carbocycles. The van der Waals surface area contributed by atoms with Crippen LogP contribution in [0.3, 0.4) is 0 Å². The minimum absolute atomic E-state index is 0.0128. The lowest BCUT2D eigenvalue weighted by molar-refractivity contribution is -0.0662. The molecule has 3 aliphatic rings. The second-order valence-corrected chi connectivity index (χ2v) is 7.54. The highest BCUT2D eigenvalue weighted by Gasteiger charge is 2.56. The van der Waals surface area contributed by atoms with Crippen LogP contribution in [0.5, 0.6) is 0 Å². The van der Waals surface area contributed by atoms with Crippen molar-refractivity contribution in [3.05, 3.63) is 29.8 Å². The summed E-state index contributed by atoms with van der Waals surface area (Å²) in [6.07, 6.45) is 3.93. The van der Waals surface area contributed by atoms with Crippen LogP contribution in [0.15, 0.2) is 24.3 Å². The van der Waals surface area contributed by atoms with Crippen LogP contribution in [-0.4, -0.2) is 35.7 Å². The number of hydrogen-bond acceptors (Lipinski definition) is 4. The van der Waals surface area contributed by atoms with Gasteiger partial charge in [-0.15, -0.1) is 0 Å². The number of aliphatic hydroxyl groups is 1. The number of rotatable bonds is 1. The number of anilines is 1. The van der Waals surface area contributed by atoms with Crippen LogP contribution in [0, 0.1) is 22.7 Å². The molecular weight excluding hydrogens is 286 g/mol. The molecule has 4 nitrogen and oxygen atoms in total. The van der Waals surface area contributed by atoms with E-state index in [1.54, 1.807) is 0 Å². The van der Waals surface area contributed by atoms with E-state index in [0.717, 1.165) is 50.1 Å². The van der Waals surface area contributed by atoms with Gasteiger partial charge in [-0.3, -0.25) is 0 Å². The van der Waals surface area contributed by atoms with Crippen LogP contribution in [0.4, 0.5) is 5.69 Å². The zero-order chi connectivity index (χ0) is 16.1. The summed E-state index contributed by atoms with van der Waals surface area (Å²) in [7, 11) is 0. The van der Waals surface area contributed by atoms with Crippen molar-refractivity contribution in [1.82, 2.24) is 4.90 Å². The molecule has 0 radical (unpaired) electrons. The molecule has 5 atom stereocenters. The van der Waals surface area contributed by atoms with Crippen molar-refractivity contribution in [3.63, 3.8) is 0 Å². The van der Waals surface area contributed by atoms with Gasteiger partial charge < -0.3 is 15.3 Å². The molecular formula is C19H25N3O. The molecule has 23 heavy (non-hydrogen) atoms. The fourth-order valence-corrected chi connectivity index (χ4v) is 5.20. The Morgan fingerprint density at radius 1 is 1.35 bits per heavy atom. The fraction of sp³-hybridized carbons (Fsp3) is 0.632. The largest absolute Gasteiger partial charge is 0.383 e. The minimum Gasteiger partial charge on any atom is -0.383 e. The highest BCUT2D eigenvalue weighted by Crippen LogP contribution is 2.52. The normalized spacial score (nSPS) is 41.7. The first-order valence-electron chi connectivity index (χ1n) is 8.83. The summed E-state index contributed by atoms with van der Waals surface area (Å²) < 4.78 is 0. The zero-order valence-corrected chi connectivity index (χ0v) is 13.8. The van der Waals surface area contributed by atoms with E-state index < -0.39 is 5.60 Å². The van der Waals surface area contributed by atoms with E-state index >= 15 is 0 Å². The molecule has 3 heterocycles. The molecule has 3 unspecified atom stereocenters. The van der Waals surface area contributed by atoms with Crippen molar-refractivity contribution in [2.45, 2.75) is 44.2 Å². The first-order chi connectivity index (χ1) is 11.1. The Hall–Kier alpha value is -1.57. The third-order valence-corrected chi connectivity index (χ3v) is 6.55. The van der Waals surface area contributed by atoms with E-state index in [0.29, 0.717) is 6.42 Å². The van der Waals surface area contributed by atoms with E-state index in [1.807, 2.05) is 24.3 Å². The van der Waals surface area contributed by atoms with Crippen LogP contribution in [0.2, 0.25) is 0 Å². The molecule has 0 spiro atoms. The van der Waals surface area contributed by atoms with E-state index in [9.17, 15) is 10.4 Å². The Kier molecular flexibility index (Phi) is 3.40. The van der Waals surface area contributed by atoms with Crippen molar-refractivity contribution in [2.75, 3.05) is 25.0 Å². The Labute approximate surface area is 138 Å². The van der Waals surface area contributed by atoms with Crippen LogP contribution in [-0.2, 0) is 5.60 Å². The molecule has 1 aromatic carbocycles. The highest BCUT2D eigenvalue weighted by atomic mass is 16.3. The van der Waals surface area contributed by atoms with E-state index in [2.05, 4.69) is 23.2 Å². The number of fused-ring (bicyclic) bond motifs is 5. The maximum Gasteiger partial charge on any atom is 0.114 e. The highest BCUT2D eigenvalue weighted by molar-refractivity contribution is 5.61. The first kappa shape index (κ1) is 15.0. The number of nitrogens with one attached hydrogen (secondary N) is 1. The lowest BCUT2D eigenvalue weighted by Crippen LogP contribution is -2.58. The summed E-state index contributed by atoms with van der Waals surface area (Å²) in [4.78, 5) is 2.46. The number of nitriles is 1. The maximum atomic E-state index is 11.6. The van der Waals surface area contributed by atoms with Crippen LogP contribution in [0.25, 0.3) is 0 Å². The molecule has 1 aromatic rings. The van der Waals surface area contributed by atoms with Crippen molar-refractivity contribution < 1.29 is 5.11 Å². The number of piperidine rings is 1. The topological polar surface area (TPSA) is 59.3 Å². The van der Waals surface area contributed by atoms with Gasteiger partial charge in [-0.25, -0.2) is 0 Å². The molecule has 0 saturated carbocycles. The Balaban J connectivity index is 1.83. The van der Waals surface area contributed by atoms with Gasteiger partial charge in [-0.05, 0) is 38.3 Å². The molecule has 3 aliphatic heterocycles. The van der Waals surface area contributed by atoms with Crippen molar-refractivity contribution >= 4 is 5.69 Å². The summed E-state index contributed by atoms with van der Waals surface area (Å²) >= 11 is 0. The Morgan fingerprint density at radius 3 is 2.96 bits per heavy atom. The minimum atomic E-state index is -0.937. The van der Waals surface area contributed by atoms with Gasteiger partial charge in [-0.1, -0.05) is 25.1 Å². The third kappa shape index (κ3) is 2.03. The number of para-hydroxylation sites is 1. The monoisotopic (exact) mass is 311 g/mol. The predicted molar refractivity (Wildman–Crippen MR) is 89.9 cm³/mol. The maximum absolute atomic E-state index is 11.6. The Bertz CT molecular complexity index is 654. The smallest absolute Gasteiger partial charge is 0.114 e. The molecule has 4 heteroatoms. The zero-order valence-electron chi connectivity index (χ0n) is 13.8. The van der Waals surface area contributed by atoms with Crippen molar-refractivity contribution in [3.8, 4) is 6.07 Å². The van der Waals surface area contributed by atoms with Gasteiger partial charge in [0.1, 0.15) is 5.60 Å². The summed E-state index contributed by atoms with van der Waals surface area (Å²) in [6.45, 7) is 5.20. The molecule has 2 saturated heterocycles. The number of hydrogen-bond donors (Lipinski definition) is 2. The molecule has 2 fully saturated rings. The van der Waals surface area contributed by atoms with Gasteiger partial charge in [-0.2, -0.15) is 5.26 Å². The molecule has 0 aromatic heterocycles. The van der Waals surface area contributed by atoms with Gasteiger partial charge in [0.2, 0.25) is 0 Å². The molecule has 4 rings (SSSR count). The average molecular weight is 311 g/mol. The molecule has 0 amide bonds. The molecule has 2 N–H and O–H groups in total. The lowest BCUT2D eigenvalue weighted by atomic mass is 9.61. The predicted octanol–water partition coefficient (Wildman–Crippen LogP) is 2.70. The second kappa shape index (κ2) is 5.22. The number of benzene rings is 1. The van der Waals surface area contributed by atoms with E-state index in [4.69, 9.17) is 0 Å². The van der Waals surface area contributed by atoms with Crippen LogP contribution >= 0.6 is 0 Å². The van der Waals surface area contributed by atoms with E-state index in [1.165, 1.54) is 0 Å². The summed E-state index contributed by atoms with van der Waals surface area (Å²) in [5.41, 5.74) is 1.02.